The lowest BCUT2D eigenvalue weighted by atomic mass is 9.71. The average Bonchev–Trinajstić information content (AvgIpc) is 3.60. The highest BCUT2D eigenvalue weighted by Gasteiger charge is 2.38. The molecule has 3 aliphatic heterocycles. The van der Waals surface area contributed by atoms with Crippen molar-refractivity contribution in [1.82, 2.24) is 25.0 Å². The van der Waals surface area contributed by atoms with Crippen molar-refractivity contribution >= 4 is 34.1 Å². The van der Waals surface area contributed by atoms with Crippen molar-refractivity contribution in [1.29, 1.82) is 0 Å². The number of pyridine rings is 1. The summed E-state index contributed by atoms with van der Waals surface area (Å²) >= 11 is 0. The topological polar surface area (TPSA) is 134 Å². The third-order valence-corrected chi connectivity index (χ3v) is 10.6. The predicted molar refractivity (Wildman–Crippen MR) is 185 cm³/mol. The first-order valence-corrected chi connectivity index (χ1v) is 16.7. The van der Waals surface area contributed by atoms with Crippen molar-refractivity contribution in [2.24, 2.45) is 12.5 Å². The van der Waals surface area contributed by atoms with Crippen LogP contribution in [0.15, 0.2) is 53.6 Å². The molecule has 1 spiro atoms. The van der Waals surface area contributed by atoms with Crippen LogP contribution in [-0.4, -0.2) is 77.9 Å². The number of hydrogen-bond donors (Lipinski definition) is 3. The Hall–Kier alpha value is -4.84. The molecule has 12 nitrogen and oxygen atoms in total. The summed E-state index contributed by atoms with van der Waals surface area (Å²) < 4.78 is 13.4. The highest BCUT2D eigenvalue weighted by molar-refractivity contribution is 6.01. The number of anilines is 2. The zero-order valence-electron chi connectivity index (χ0n) is 27.8. The number of nitrogens with zero attached hydrogens (tertiary/aromatic N) is 4. The summed E-state index contributed by atoms with van der Waals surface area (Å²) in [6.45, 7) is 4.83. The van der Waals surface area contributed by atoms with Crippen molar-refractivity contribution in [2.45, 2.75) is 51.1 Å². The summed E-state index contributed by atoms with van der Waals surface area (Å²) in [5.41, 5.74) is 5.61. The minimum atomic E-state index is -0.378. The number of carbonyl (C=O) groups is 2. The molecular formula is C36H43N7O5. The van der Waals surface area contributed by atoms with Gasteiger partial charge in [-0.1, -0.05) is 0 Å². The van der Waals surface area contributed by atoms with Crippen LogP contribution in [0.3, 0.4) is 0 Å². The number of likely N-dealkylation sites (tertiary alicyclic amines) is 1. The van der Waals surface area contributed by atoms with E-state index in [2.05, 4.69) is 42.8 Å². The minimum Gasteiger partial charge on any atom is -0.496 e. The summed E-state index contributed by atoms with van der Waals surface area (Å²) in [5, 5.41) is 13.4. The van der Waals surface area contributed by atoms with Gasteiger partial charge in [-0.25, -0.2) is 0 Å². The molecule has 48 heavy (non-hydrogen) atoms. The Morgan fingerprint density at radius 2 is 1.62 bits per heavy atom. The van der Waals surface area contributed by atoms with Crippen LogP contribution in [0.5, 0.6) is 11.5 Å². The van der Waals surface area contributed by atoms with Crippen molar-refractivity contribution in [3.8, 4) is 22.6 Å². The molecule has 5 heterocycles. The number of amides is 2. The van der Waals surface area contributed by atoms with E-state index in [0.29, 0.717) is 23.8 Å². The van der Waals surface area contributed by atoms with Crippen molar-refractivity contribution in [2.75, 3.05) is 50.6 Å². The van der Waals surface area contributed by atoms with E-state index in [-0.39, 0.29) is 23.4 Å². The molecule has 7 rings (SSSR count). The standard InChI is InChI=1S/C36H43N7O5/c1-41-21-27(26-20-37-40-33(26)35(41)46)23-18-30(47-2)28(31(19-23)48-3)22-42-14-10-36(11-15-42)12-16-43(17-13-36)25-6-4-24(5-7-25)38-29-8-9-32(44)39-34(29)45/h4-7,18-21,29,38H,8-17,22H2,1-3H3,(H,37,40)(H,39,44,45). The molecule has 2 amide bonds. The normalized spacial score (nSPS) is 19.8. The van der Waals surface area contributed by atoms with Crippen LogP contribution in [-0.2, 0) is 23.2 Å². The molecule has 252 valence electrons. The molecule has 3 saturated heterocycles. The Labute approximate surface area is 279 Å². The number of ether oxygens (including phenoxy) is 2. The molecule has 1 atom stereocenters. The molecule has 4 aromatic rings. The molecule has 2 aromatic heterocycles. The van der Waals surface area contributed by atoms with Gasteiger partial charge in [0.15, 0.2) is 0 Å². The fraction of sp³-hybridized carbons (Fsp3) is 0.444. The van der Waals surface area contributed by atoms with Gasteiger partial charge in [0, 0.05) is 61.6 Å². The number of H-pyrrole nitrogens is 1. The Morgan fingerprint density at radius 3 is 2.27 bits per heavy atom. The molecular weight excluding hydrogens is 610 g/mol. The summed E-state index contributed by atoms with van der Waals surface area (Å²) in [7, 11) is 5.12. The van der Waals surface area contributed by atoms with E-state index in [1.807, 2.05) is 30.5 Å². The number of aryl methyl sites for hydroxylation is 1. The van der Waals surface area contributed by atoms with E-state index in [9.17, 15) is 14.4 Å². The molecule has 0 radical (unpaired) electrons. The molecule has 3 aliphatic rings. The Balaban J connectivity index is 0.971. The zero-order valence-corrected chi connectivity index (χ0v) is 27.8. The first-order valence-electron chi connectivity index (χ1n) is 16.7. The first-order chi connectivity index (χ1) is 23.3. The van der Waals surface area contributed by atoms with Crippen LogP contribution >= 0.6 is 0 Å². The molecule has 0 bridgehead atoms. The van der Waals surface area contributed by atoms with Gasteiger partial charge in [0.05, 0.1) is 26.0 Å². The fourth-order valence-corrected chi connectivity index (χ4v) is 7.63. The fourth-order valence-electron chi connectivity index (χ4n) is 7.63. The monoisotopic (exact) mass is 653 g/mol. The second-order valence-electron chi connectivity index (χ2n) is 13.4. The molecule has 1 unspecified atom stereocenters. The maximum Gasteiger partial charge on any atom is 0.276 e. The van der Waals surface area contributed by atoms with Gasteiger partial charge in [0.25, 0.3) is 5.56 Å². The number of aromatic nitrogens is 3. The van der Waals surface area contributed by atoms with Crippen molar-refractivity contribution in [3.05, 3.63) is 64.7 Å². The predicted octanol–water partition coefficient (Wildman–Crippen LogP) is 4.05. The quantitative estimate of drug-likeness (QED) is 0.241. The van der Waals surface area contributed by atoms with E-state index in [1.54, 1.807) is 32.0 Å². The van der Waals surface area contributed by atoms with E-state index >= 15 is 0 Å². The van der Waals surface area contributed by atoms with Crippen LogP contribution in [0.2, 0.25) is 0 Å². The number of rotatable bonds is 8. The summed E-state index contributed by atoms with van der Waals surface area (Å²) in [5.74, 6) is 1.07. The van der Waals surface area contributed by atoms with Gasteiger partial charge in [-0.15, -0.1) is 0 Å². The van der Waals surface area contributed by atoms with E-state index < -0.39 is 0 Å². The van der Waals surface area contributed by atoms with E-state index in [4.69, 9.17) is 9.47 Å². The van der Waals surface area contributed by atoms with Crippen LogP contribution < -0.4 is 30.6 Å². The van der Waals surface area contributed by atoms with Gasteiger partial charge in [-0.2, -0.15) is 5.10 Å². The second-order valence-corrected chi connectivity index (χ2v) is 13.4. The number of benzene rings is 2. The Bertz CT molecular complexity index is 1860. The lowest BCUT2D eigenvalue weighted by molar-refractivity contribution is -0.133. The highest BCUT2D eigenvalue weighted by atomic mass is 16.5. The van der Waals surface area contributed by atoms with Crippen LogP contribution in [0, 0.1) is 5.41 Å². The average molecular weight is 654 g/mol. The number of carbonyl (C=O) groups excluding carboxylic acids is 2. The van der Waals surface area contributed by atoms with E-state index in [1.165, 1.54) is 18.5 Å². The van der Waals surface area contributed by atoms with Gasteiger partial charge >= 0.3 is 0 Å². The van der Waals surface area contributed by atoms with Gasteiger partial charge in [-0.05, 0) is 92.6 Å². The maximum atomic E-state index is 12.6. The summed E-state index contributed by atoms with van der Waals surface area (Å²) in [4.78, 5) is 41.1. The lowest BCUT2D eigenvalue weighted by Gasteiger charge is -2.47. The molecule has 2 aromatic carbocycles. The molecule has 12 heteroatoms. The second kappa shape index (κ2) is 13.0. The largest absolute Gasteiger partial charge is 0.496 e. The van der Waals surface area contributed by atoms with E-state index in [0.717, 1.165) is 84.8 Å². The van der Waals surface area contributed by atoms with Gasteiger partial charge in [0.2, 0.25) is 11.8 Å². The lowest BCUT2D eigenvalue weighted by Crippen LogP contribution is -2.47. The number of fused-ring (bicyclic) bond motifs is 1. The first kappa shape index (κ1) is 31.7. The number of imide groups is 1. The summed E-state index contributed by atoms with van der Waals surface area (Å²) in [6, 6.07) is 12.0. The number of aromatic amines is 1. The number of methoxy groups -OCH3 is 2. The van der Waals surface area contributed by atoms with Gasteiger partial charge in [0.1, 0.15) is 23.1 Å². The molecule has 3 fully saturated rings. The SMILES string of the molecule is COc1cc(-c2cn(C)c(=O)c3[nH]ncc23)cc(OC)c1CN1CCC2(CC1)CCN(c1ccc(NC3CCC(=O)NC3=O)cc1)CC2. The van der Waals surface area contributed by atoms with Gasteiger partial charge < -0.3 is 24.3 Å². The minimum absolute atomic E-state index is 0.120. The number of nitrogens with one attached hydrogen (secondary N) is 3. The van der Waals surface area contributed by atoms with Crippen molar-refractivity contribution < 1.29 is 19.1 Å². The van der Waals surface area contributed by atoms with Gasteiger partial charge in [-0.3, -0.25) is 29.7 Å². The van der Waals surface area contributed by atoms with Crippen LogP contribution in [0.4, 0.5) is 11.4 Å². The molecule has 3 N–H and O–H groups in total. The highest BCUT2D eigenvalue weighted by Crippen LogP contribution is 2.44. The Kier molecular flexibility index (Phi) is 8.59. The van der Waals surface area contributed by atoms with Crippen LogP contribution in [0.25, 0.3) is 22.0 Å². The molecule has 0 saturated carbocycles. The van der Waals surface area contributed by atoms with Crippen LogP contribution in [0.1, 0.15) is 44.1 Å². The van der Waals surface area contributed by atoms with Crippen molar-refractivity contribution in [3.63, 3.8) is 0 Å². The smallest absolute Gasteiger partial charge is 0.276 e. The number of hydrogen-bond acceptors (Lipinski definition) is 9. The molecule has 0 aliphatic carbocycles. The Morgan fingerprint density at radius 1 is 0.958 bits per heavy atom. The zero-order chi connectivity index (χ0) is 33.4. The summed E-state index contributed by atoms with van der Waals surface area (Å²) in [6.07, 6.45) is 9.05. The third kappa shape index (κ3) is 6.12. The number of piperidine rings is 3. The maximum absolute atomic E-state index is 12.6. The third-order valence-electron chi connectivity index (χ3n) is 10.6.